The summed E-state index contributed by atoms with van der Waals surface area (Å²) < 4.78 is 6.60. The summed E-state index contributed by atoms with van der Waals surface area (Å²) in [6.45, 7) is 0. The second kappa shape index (κ2) is 12.1. The summed E-state index contributed by atoms with van der Waals surface area (Å²) in [4.78, 5) is 0. The highest BCUT2D eigenvalue weighted by Crippen LogP contribution is 2.47. The predicted octanol–water partition coefficient (Wildman–Crippen LogP) is 15.4. The first kappa shape index (κ1) is 31.6. The maximum atomic E-state index is 9.37. The molecule has 11 aromatic carbocycles. The van der Waals surface area contributed by atoms with Crippen LogP contribution < -0.4 is 0 Å². The third-order valence-corrected chi connectivity index (χ3v) is 12.0. The van der Waals surface area contributed by atoms with Crippen LogP contribution in [-0.2, 0) is 0 Å². The molecule has 262 valence electrons. The zero-order valence-corrected chi connectivity index (χ0v) is 30.8. The van der Waals surface area contributed by atoms with Gasteiger partial charge in [0.15, 0.2) is 0 Å². The maximum Gasteiger partial charge on any atom is 0.136 e. The quantitative estimate of drug-likeness (QED) is 0.135. The standard InChI is InChI=1S/C55H31NO/c56-32-33-20-22-34(23-21-33)36-11-9-12-37(28-36)53-43-16-5-7-18-45(43)54(46-19-8-6-17-44(46)53)38-24-26-42-47(29-38)40-14-3-4-15-41(40)48-30-50-52(31-49(42)48)57-51-27-25-35-10-1-2-13-39(35)55(50)51/h1-31H. The van der Waals surface area contributed by atoms with Gasteiger partial charge in [-0.1, -0.05) is 146 Å². The monoisotopic (exact) mass is 721 g/mol. The Labute approximate surface area is 328 Å². The third kappa shape index (κ3) is 4.70. The number of rotatable bonds is 3. The van der Waals surface area contributed by atoms with Crippen molar-refractivity contribution in [3.63, 3.8) is 0 Å². The molecule has 1 aromatic heterocycles. The number of hydrogen-bond acceptors (Lipinski definition) is 2. The molecule has 0 aliphatic rings. The fourth-order valence-corrected chi connectivity index (χ4v) is 9.49. The van der Waals surface area contributed by atoms with E-state index in [9.17, 15) is 5.26 Å². The molecule has 12 aromatic rings. The Balaban J connectivity index is 1.11. The van der Waals surface area contributed by atoms with Crippen molar-refractivity contribution in [2.24, 2.45) is 0 Å². The van der Waals surface area contributed by atoms with E-state index in [4.69, 9.17) is 4.42 Å². The number of nitriles is 1. The Hall–Kier alpha value is -7.73. The highest BCUT2D eigenvalue weighted by molar-refractivity contribution is 6.31. The van der Waals surface area contributed by atoms with Gasteiger partial charge in [0.2, 0.25) is 0 Å². The Morgan fingerprint density at radius 1 is 0.316 bits per heavy atom. The van der Waals surface area contributed by atoms with Crippen LogP contribution in [0, 0.1) is 11.3 Å². The first-order valence-electron chi connectivity index (χ1n) is 19.4. The van der Waals surface area contributed by atoms with E-state index in [1.807, 2.05) is 24.3 Å². The number of hydrogen-bond donors (Lipinski definition) is 0. The minimum atomic E-state index is 0.662. The second-order valence-corrected chi connectivity index (χ2v) is 15.1. The highest BCUT2D eigenvalue weighted by Gasteiger charge is 2.20. The molecule has 57 heavy (non-hydrogen) atoms. The van der Waals surface area contributed by atoms with E-state index in [-0.39, 0.29) is 0 Å². The van der Waals surface area contributed by atoms with E-state index >= 15 is 0 Å². The van der Waals surface area contributed by atoms with Gasteiger partial charge in [-0.15, -0.1) is 0 Å². The SMILES string of the molecule is N#Cc1ccc(-c2cccc(-c3c4ccccc4c(-c4ccc5c(c4)c4ccccc4c4cc6c(cc54)oc4ccc5ccccc5c46)c4ccccc34)c2)cc1. The smallest absolute Gasteiger partial charge is 0.136 e. The van der Waals surface area contributed by atoms with Crippen molar-refractivity contribution in [3.8, 4) is 39.4 Å². The van der Waals surface area contributed by atoms with E-state index in [2.05, 4.69) is 170 Å². The van der Waals surface area contributed by atoms with Crippen molar-refractivity contribution in [2.45, 2.75) is 0 Å². The lowest BCUT2D eigenvalue weighted by Gasteiger charge is -2.19. The maximum absolute atomic E-state index is 9.37. The van der Waals surface area contributed by atoms with Crippen molar-refractivity contribution in [3.05, 3.63) is 194 Å². The van der Waals surface area contributed by atoms with E-state index < -0.39 is 0 Å². The van der Waals surface area contributed by atoms with Crippen molar-refractivity contribution < 1.29 is 4.42 Å². The van der Waals surface area contributed by atoms with E-state index in [0.717, 1.165) is 33.2 Å². The van der Waals surface area contributed by atoms with Crippen LogP contribution in [0.15, 0.2) is 192 Å². The Kier molecular flexibility index (Phi) is 6.73. The molecule has 0 fully saturated rings. The lowest BCUT2D eigenvalue weighted by molar-refractivity contribution is 0.670. The van der Waals surface area contributed by atoms with Crippen LogP contribution in [0.3, 0.4) is 0 Å². The van der Waals surface area contributed by atoms with Crippen LogP contribution in [0.4, 0.5) is 0 Å². The predicted molar refractivity (Wildman–Crippen MR) is 240 cm³/mol. The minimum Gasteiger partial charge on any atom is -0.456 e. The summed E-state index contributed by atoms with van der Waals surface area (Å²) in [5.41, 5.74) is 9.50. The molecule has 0 saturated heterocycles. The number of nitrogens with zero attached hydrogens (tertiary/aromatic N) is 1. The van der Waals surface area contributed by atoms with Crippen molar-refractivity contribution >= 4 is 86.6 Å². The van der Waals surface area contributed by atoms with Crippen LogP contribution in [0.2, 0.25) is 0 Å². The first-order chi connectivity index (χ1) is 28.2. The molecule has 2 nitrogen and oxygen atoms in total. The van der Waals surface area contributed by atoms with Gasteiger partial charge in [0, 0.05) is 10.8 Å². The lowest BCUT2D eigenvalue weighted by atomic mass is 9.84. The molecular weight excluding hydrogens is 691 g/mol. The summed E-state index contributed by atoms with van der Waals surface area (Å²) in [7, 11) is 0. The van der Waals surface area contributed by atoms with Crippen molar-refractivity contribution in [1.29, 1.82) is 5.26 Å². The molecule has 1 heterocycles. The largest absolute Gasteiger partial charge is 0.456 e. The van der Waals surface area contributed by atoms with Gasteiger partial charge in [0.25, 0.3) is 0 Å². The van der Waals surface area contributed by atoms with Gasteiger partial charge in [-0.2, -0.15) is 5.26 Å². The number of benzene rings is 11. The molecule has 0 unspecified atom stereocenters. The molecule has 0 saturated carbocycles. The van der Waals surface area contributed by atoms with Gasteiger partial charge in [0.1, 0.15) is 11.2 Å². The van der Waals surface area contributed by atoms with E-state index in [1.54, 1.807) is 0 Å². The van der Waals surface area contributed by atoms with Crippen LogP contribution in [-0.4, -0.2) is 0 Å². The van der Waals surface area contributed by atoms with Crippen LogP contribution in [0.1, 0.15) is 5.56 Å². The minimum absolute atomic E-state index is 0.662. The van der Waals surface area contributed by atoms with Gasteiger partial charge >= 0.3 is 0 Å². The van der Waals surface area contributed by atoms with E-state index in [0.29, 0.717) is 5.56 Å². The van der Waals surface area contributed by atoms with Crippen LogP contribution in [0.5, 0.6) is 0 Å². The van der Waals surface area contributed by atoms with Gasteiger partial charge < -0.3 is 4.42 Å². The van der Waals surface area contributed by atoms with Gasteiger partial charge in [-0.05, 0) is 140 Å². The van der Waals surface area contributed by atoms with Crippen molar-refractivity contribution in [1.82, 2.24) is 0 Å². The summed E-state index contributed by atoms with van der Waals surface area (Å²) >= 11 is 0. The molecule has 0 atom stereocenters. The van der Waals surface area contributed by atoms with Gasteiger partial charge in [-0.3, -0.25) is 0 Å². The molecule has 0 aliphatic carbocycles. The zero-order valence-electron chi connectivity index (χ0n) is 30.8. The van der Waals surface area contributed by atoms with Crippen molar-refractivity contribution in [2.75, 3.05) is 0 Å². The van der Waals surface area contributed by atoms with Crippen LogP contribution in [0.25, 0.3) is 120 Å². The topological polar surface area (TPSA) is 36.9 Å². The summed E-state index contributed by atoms with van der Waals surface area (Å²) in [5, 5.41) is 26.3. The second-order valence-electron chi connectivity index (χ2n) is 15.1. The fourth-order valence-electron chi connectivity index (χ4n) is 9.49. The summed E-state index contributed by atoms with van der Waals surface area (Å²) in [6.07, 6.45) is 0. The van der Waals surface area contributed by atoms with Gasteiger partial charge in [-0.25, -0.2) is 0 Å². The Bertz CT molecular complexity index is 3640. The third-order valence-electron chi connectivity index (χ3n) is 12.0. The lowest BCUT2D eigenvalue weighted by Crippen LogP contribution is -1.92. The average molecular weight is 722 g/mol. The molecule has 0 amide bonds. The molecule has 0 aliphatic heterocycles. The molecule has 2 heteroatoms. The molecule has 0 bridgehead atoms. The first-order valence-corrected chi connectivity index (χ1v) is 19.4. The Morgan fingerprint density at radius 2 is 0.842 bits per heavy atom. The molecule has 0 N–H and O–H groups in total. The highest BCUT2D eigenvalue weighted by atomic mass is 16.3. The van der Waals surface area contributed by atoms with E-state index in [1.165, 1.54) is 86.7 Å². The summed E-state index contributed by atoms with van der Waals surface area (Å²) in [6, 6.07) is 69.9. The van der Waals surface area contributed by atoms with Gasteiger partial charge in [0.05, 0.1) is 11.6 Å². The molecule has 0 spiro atoms. The fraction of sp³-hybridized carbons (Fsp3) is 0. The molecular formula is C55H31NO. The normalized spacial score (nSPS) is 11.8. The van der Waals surface area contributed by atoms with Crippen LogP contribution >= 0.6 is 0 Å². The average Bonchev–Trinajstić information content (AvgIpc) is 3.66. The number of fused-ring (bicyclic) bond motifs is 13. The molecule has 12 rings (SSSR count). The summed E-state index contributed by atoms with van der Waals surface area (Å²) in [5.74, 6) is 0. The zero-order chi connectivity index (χ0) is 37.6. The Morgan fingerprint density at radius 3 is 1.51 bits per heavy atom. The molecule has 0 radical (unpaired) electrons. The number of furan rings is 1.